The van der Waals surface area contributed by atoms with Gasteiger partial charge in [0, 0.05) is 56.1 Å². The van der Waals surface area contributed by atoms with Crippen LogP contribution in [0.15, 0.2) is 144 Å². The van der Waals surface area contributed by atoms with Gasteiger partial charge in [-0.1, -0.05) is 48.5 Å². The van der Waals surface area contributed by atoms with Gasteiger partial charge < -0.3 is 10.0 Å². The van der Waals surface area contributed by atoms with Crippen molar-refractivity contribution in [3.8, 4) is 31.3 Å². The molecule has 8 aromatic rings. The van der Waals surface area contributed by atoms with Crippen molar-refractivity contribution in [1.82, 2.24) is 0 Å². The number of aliphatic hydroxyl groups is 1. The molecule has 0 saturated heterocycles. The summed E-state index contributed by atoms with van der Waals surface area (Å²) in [5, 5.41) is 13.8. The fourth-order valence-corrected chi connectivity index (χ4v) is 9.63. The second kappa shape index (κ2) is 15.1. The summed E-state index contributed by atoms with van der Waals surface area (Å²) in [6.45, 7) is 0.0692. The summed E-state index contributed by atoms with van der Waals surface area (Å²) >= 11 is 8.75. The molecular formula is C43H31NOS5. The molecule has 0 aliphatic rings. The van der Waals surface area contributed by atoms with Crippen LogP contribution in [0.25, 0.3) is 55.6 Å². The molecule has 1 N–H and O–H groups in total. The fourth-order valence-electron chi connectivity index (χ4n) is 5.69. The van der Waals surface area contributed by atoms with Crippen molar-refractivity contribution in [2.24, 2.45) is 0 Å². The van der Waals surface area contributed by atoms with E-state index in [2.05, 4.69) is 167 Å². The number of rotatable bonds is 11. The molecule has 0 amide bonds. The average Bonchev–Trinajstić information content (AvgIpc) is 4.01. The van der Waals surface area contributed by atoms with Crippen molar-refractivity contribution in [1.29, 1.82) is 0 Å². The molecule has 0 aliphatic carbocycles. The first kappa shape index (κ1) is 32.6. The van der Waals surface area contributed by atoms with Gasteiger partial charge in [0.05, 0.1) is 6.61 Å². The minimum absolute atomic E-state index is 0.0692. The minimum atomic E-state index is 0.0692. The highest BCUT2D eigenvalue weighted by Crippen LogP contribution is 2.40. The third-order valence-electron chi connectivity index (χ3n) is 8.21. The number of hydrogen-bond acceptors (Lipinski definition) is 7. The number of hydrogen-bond donors (Lipinski definition) is 1. The van der Waals surface area contributed by atoms with E-state index in [9.17, 15) is 5.11 Å². The highest BCUT2D eigenvalue weighted by molar-refractivity contribution is 7.17. The first-order chi connectivity index (χ1) is 24.7. The topological polar surface area (TPSA) is 23.5 Å². The summed E-state index contributed by atoms with van der Waals surface area (Å²) in [5.41, 5.74) is 6.84. The molecule has 3 aromatic carbocycles. The number of benzene rings is 3. The zero-order chi connectivity index (χ0) is 33.7. The van der Waals surface area contributed by atoms with Gasteiger partial charge in [0.25, 0.3) is 0 Å². The van der Waals surface area contributed by atoms with E-state index in [4.69, 9.17) is 0 Å². The molecule has 0 atom stereocenters. The van der Waals surface area contributed by atoms with E-state index in [1.54, 1.807) is 34.0 Å². The first-order valence-corrected chi connectivity index (χ1v) is 20.3. The van der Waals surface area contributed by atoms with Gasteiger partial charge in [-0.3, -0.25) is 0 Å². The molecule has 0 bridgehead atoms. The molecule has 8 rings (SSSR count). The van der Waals surface area contributed by atoms with Gasteiger partial charge in [0.1, 0.15) is 0 Å². The second-order valence-electron chi connectivity index (χ2n) is 11.5. The van der Waals surface area contributed by atoms with Crippen LogP contribution in [0.3, 0.4) is 0 Å². The average molecular weight is 738 g/mol. The number of aliphatic hydroxyl groups excluding tert-OH is 1. The quantitative estimate of drug-likeness (QED) is 0.143. The molecule has 0 spiro atoms. The Morgan fingerprint density at radius 2 is 0.820 bits per heavy atom. The maximum Gasteiger partial charge on any atom is 0.0774 e. The van der Waals surface area contributed by atoms with E-state index in [0.717, 1.165) is 32.4 Å². The van der Waals surface area contributed by atoms with Gasteiger partial charge >= 0.3 is 0 Å². The Morgan fingerprint density at radius 1 is 0.420 bits per heavy atom. The molecule has 0 aliphatic heterocycles. The van der Waals surface area contributed by atoms with Crippen LogP contribution >= 0.6 is 56.7 Å². The van der Waals surface area contributed by atoms with E-state index < -0.39 is 0 Å². The molecular weight excluding hydrogens is 707 g/mol. The molecule has 0 saturated carbocycles. The number of thiophene rings is 5. The van der Waals surface area contributed by atoms with Gasteiger partial charge in [-0.25, -0.2) is 0 Å². The van der Waals surface area contributed by atoms with Crippen molar-refractivity contribution in [2.45, 2.75) is 6.61 Å². The third-order valence-corrected chi connectivity index (χ3v) is 13.2. The SMILES string of the molecule is OCc1ccc(-c2ccc(N(c3ccc(-c4ccc(/C=C/c5cccs5)s4)cc3)c3ccc(-c4ccc(/C=C/c5cccs5)s4)cc3)cc2)s1. The summed E-state index contributed by atoms with van der Waals surface area (Å²) in [6.07, 6.45) is 8.76. The van der Waals surface area contributed by atoms with Gasteiger partial charge in [0.15, 0.2) is 0 Å². The van der Waals surface area contributed by atoms with Gasteiger partial charge in [-0.2, -0.15) is 0 Å². The Bertz CT molecular complexity index is 2210. The molecule has 244 valence electrons. The smallest absolute Gasteiger partial charge is 0.0774 e. The fraction of sp³-hybridized carbons (Fsp3) is 0.0233. The van der Waals surface area contributed by atoms with E-state index in [1.807, 2.05) is 28.7 Å². The van der Waals surface area contributed by atoms with Crippen LogP contribution in [-0.4, -0.2) is 5.11 Å². The maximum absolute atomic E-state index is 9.57. The lowest BCUT2D eigenvalue weighted by Crippen LogP contribution is -2.09. The largest absolute Gasteiger partial charge is 0.391 e. The first-order valence-electron chi connectivity index (χ1n) is 16.1. The van der Waals surface area contributed by atoms with Crippen molar-refractivity contribution >= 4 is 98.1 Å². The van der Waals surface area contributed by atoms with Crippen LogP contribution in [0.2, 0.25) is 0 Å². The van der Waals surface area contributed by atoms with Gasteiger partial charge in [0.2, 0.25) is 0 Å². The van der Waals surface area contributed by atoms with Crippen LogP contribution in [0.1, 0.15) is 24.4 Å². The van der Waals surface area contributed by atoms with Crippen LogP contribution in [-0.2, 0) is 6.61 Å². The lowest BCUT2D eigenvalue weighted by molar-refractivity contribution is 0.285. The predicted molar refractivity (Wildman–Crippen MR) is 223 cm³/mol. The Hall–Kier alpha value is -4.60. The van der Waals surface area contributed by atoms with Crippen molar-refractivity contribution in [3.63, 3.8) is 0 Å². The molecule has 0 unspecified atom stereocenters. The Balaban J connectivity index is 1.08. The Morgan fingerprint density at radius 3 is 1.20 bits per heavy atom. The molecule has 50 heavy (non-hydrogen) atoms. The summed E-state index contributed by atoms with van der Waals surface area (Å²) in [7, 11) is 0. The van der Waals surface area contributed by atoms with Gasteiger partial charge in [-0.05, 0) is 137 Å². The molecule has 7 heteroatoms. The lowest BCUT2D eigenvalue weighted by Gasteiger charge is -2.26. The van der Waals surface area contributed by atoms with Crippen LogP contribution in [0, 0.1) is 0 Å². The van der Waals surface area contributed by atoms with E-state index >= 15 is 0 Å². The molecule has 5 heterocycles. The van der Waals surface area contributed by atoms with Gasteiger partial charge in [-0.15, -0.1) is 56.7 Å². The molecule has 0 radical (unpaired) electrons. The highest BCUT2D eigenvalue weighted by atomic mass is 32.1. The van der Waals surface area contributed by atoms with Crippen LogP contribution < -0.4 is 4.90 Å². The highest BCUT2D eigenvalue weighted by Gasteiger charge is 2.15. The monoisotopic (exact) mass is 737 g/mol. The zero-order valence-electron chi connectivity index (χ0n) is 26.8. The van der Waals surface area contributed by atoms with E-state index in [1.165, 1.54) is 40.4 Å². The van der Waals surface area contributed by atoms with Crippen LogP contribution in [0.4, 0.5) is 17.1 Å². The zero-order valence-corrected chi connectivity index (χ0v) is 30.9. The van der Waals surface area contributed by atoms with Crippen molar-refractivity contribution in [3.05, 3.63) is 169 Å². The summed E-state index contributed by atoms with van der Waals surface area (Å²) < 4.78 is 0. The summed E-state index contributed by atoms with van der Waals surface area (Å²) in [5.74, 6) is 0. The third kappa shape index (κ3) is 7.44. The number of nitrogens with zero attached hydrogens (tertiary/aromatic N) is 1. The molecule has 2 nitrogen and oxygen atoms in total. The second-order valence-corrected chi connectivity index (χ2v) is 16.9. The number of anilines is 3. The molecule has 5 aromatic heterocycles. The standard InChI is InChI=1S/C43H31NOS5/c45-29-40-23-26-43(50-40)32-9-15-35(16-10-32)44(33-11-5-30(6-12-33)41-24-21-38(48-41)19-17-36-3-1-27-46-36)34-13-7-31(8-14-34)42-25-22-39(49-42)20-18-37-4-2-28-47-37/h1-28,45H,29H2/b19-17+,20-18+. The molecule has 0 fully saturated rings. The minimum Gasteiger partial charge on any atom is -0.391 e. The van der Waals surface area contributed by atoms with Crippen molar-refractivity contribution < 1.29 is 5.11 Å². The van der Waals surface area contributed by atoms with E-state index in [0.29, 0.717) is 0 Å². The van der Waals surface area contributed by atoms with Crippen LogP contribution in [0.5, 0.6) is 0 Å². The Labute approximate surface area is 312 Å². The Kier molecular flexibility index (Phi) is 9.85. The van der Waals surface area contributed by atoms with E-state index in [-0.39, 0.29) is 6.61 Å². The lowest BCUT2D eigenvalue weighted by atomic mass is 10.1. The van der Waals surface area contributed by atoms with Crippen molar-refractivity contribution in [2.75, 3.05) is 4.90 Å². The maximum atomic E-state index is 9.57. The summed E-state index contributed by atoms with van der Waals surface area (Å²) in [4.78, 5) is 12.0. The normalized spacial score (nSPS) is 11.6. The predicted octanol–water partition coefficient (Wildman–Crippen LogP) is 14.3. The summed E-state index contributed by atoms with van der Waals surface area (Å²) in [6, 6.07) is 47.8.